The molecule has 5 nitrogen and oxygen atoms in total. The van der Waals surface area contributed by atoms with E-state index in [2.05, 4.69) is 33.4 Å². The number of esters is 2. The van der Waals surface area contributed by atoms with Crippen molar-refractivity contribution in [3.63, 3.8) is 0 Å². The molecule has 0 aliphatic rings. The smallest absolute Gasteiger partial charge is 0.421 e. The van der Waals surface area contributed by atoms with Gasteiger partial charge in [-0.1, -0.05) is 19.2 Å². The summed E-state index contributed by atoms with van der Waals surface area (Å²) in [6, 6.07) is 1.15. The molecule has 0 N–H and O–H groups in total. The zero-order valence-corrected chi connectivity index (χ0v) is 19.6. The largest absolute Gasteiger partial charge is 0.468 e. The van der Waals surface area contributed by atoms with Crippen molar-refractivity contribution in [3.05, 3.63) is 42.0 Å². The average molecular weight is 614 g/mol. The molecule has 0 aliphatic heterocycles. The maximum atomic E-state index is 13.9. The van der Waals surface area contributed by atoms with Gasteiger partial charge in [0, 0.05) is 6.42 Å². The number of carbonyl (C=O) groups excluding carboxylic acids is 2. The van der Waals surface area contributed by atoms with Crippen LogP contribution in [0, 0.1) is 0 Å². The number of ether oxygens (including phenoxy) is 3. The van der Waals surface area contributed by atoms with E-state index < -0.39 is 90.2 Å². The number of carbonyl (C=O) groups is 2. The fraction of sp³-hybridized carbons (Fsp3) is 0.500. The molecule has 39 heavy (non-hydrogen) atoms. The van der Waals surface area contributed by atoms with Crippen LogP contribution in [0.15, 0.2) is 36.4 Å². The predicted octanol–water partition coefficient (Wildman–Crippen LogP) is 6.88. The van der Waals surface area contributed by atoms with E-state index in [-0.39, 0.29) is 12.1 Å². The SMILES string of the molecule is C=C(C(=O)OC(OCCCCC(F)(F)C(F)(F)S)(C(=O)Oc1ccc(C(F)(F)F)cc1)C(F)(F)F)C(F)(F)F. The Hall–Kier alpha value is -2.70. The van der Waals surface area contributed by atoms with Crippen LogP contribution in [0.3, 0.4) is 0 Å². The van der Waals surface area contributed by atoms with Crippen LogP contribution in [-0.2, 0) is 25.2 Å². The molecule has 1 atom stereocenters. The van der Waals surface area contributed by atoms with Crippen LogP contribution in [0.2, 0.25) is 0 Å². The van der Waals surface area contributed by atoms with E-state index >= 15 is 0 Å². The first-order valence-electron chi connectivity index (χ1n) is 9.93. The fourth-order valence-corrected chi connectivity index (χ4v) is 2.51. The highest BCUT2D eigenvalue weighted by atomic mass is 32.1. The van der Waals surface area contributed by atoms with Gasteiger partial charge in [-0.15, -0.1) is 0 Å². The van der Waals surface area contributed by atoms with Gasteiger partial charge in [0.25, 0.3) is 0 Å². The molecule has 0 heterocycles. The molecule has 0 fully saturated rings. The number of thiol groups is 1. The Balaban J connectivity index is 3.30. The lowest BCUT2D eigenvalue weighted by atomic mass is 10.1. The summed E-state index contributed by atoms with van der Waals surface area (Å²) in [5.74, 6) is -16.5. The summed E-state index contributed by atoms with van der Waals surface area (Å²) < 4.78 is 182. The normalized spacial score (nSPS) is 14.9. The standard InChI is InChI=1S/C20H15F13O5S/c1-10(17(23,24)25)13(34)38-16(19(29,30)31,36-9-3-2-8-15(21,22)20(32,33)39)14(35)37-12-6-4-11(5-7-12)18(26,27)28/h4-7,39H,1-3,8-9H2. The van der Waals surface area contributed by atoms with Crippen molar-refractivity contribution in [2.24, 2.45) is 0 Å². The third-order valence-electron chi connectivity index (χ3n) is 4.49. The quantitative estimate of drug-likeness (QED) is 0.0561. The van der Waals surface area contributed by atoms with E-state index in [1.165, 1.54) is 0 Å². The molecule has 1 aromatic rings. The van der Waals surface area contributed by atoms with Gasteiger partial charge in [-0.3, -0.25) is 0 Å². The zero-order chi connectivity index (χ0) is 30.7. The molecular weight excluding hydrogens is 599 g/mol. The van der Waals surface area contributed by atoms with Crippen LogP contribution >= 0.6 is 12.6 Å². The summed E-state index contributed by atoms with van der Waals surface area (Å²) >= 11 is 2.38. The summed E-state index contributed by atoms with van der Waals surface area (Å²) in [7, 11) is 0. The van der Waals surface area contributed by atoms with Crippen molar-refractivity contribution in [1.29, 1.82) is 0 Å². The van der Waals surface area contributed by atoms with E-state index in [0.717, 1.165) is 0 Å². The van der Waals surface area contributed by atoms with Gasteiger partial charge in [0.1, 0.15) is 11.3 Å². The van der Waals surface area contributed by atoms with E-state index in [1.54, 1.807) is 0 Å². The second-order valence-electron chi connectivity index (χ2n) is 7.44. The van der Waals surface area contributed by atoms with E-state index in [9.17, 15) is 66.7 Å². The molecule has 1 aromatic carbocycles. The van der Waals surface area contributed by atoms with Crippen LogP contribution in [-0.4, -0.2) is 47.9 Å². The summed E-state index contributed by atoms with van der Waals surface area (Å²) in [5, 5.41) is -4.83. The van der Waals surface area contributed by atoms with Crippen LogP contribution in [0.4, 0.5) is 57.1 Å². The highest BCUT2D eigenvalue weighted by molar-refractivity contribution is 7.81. The molecule has 0 radical (unpaired) electrons. The van der Waals surface area contributed by atoms with Crippen LogP contribution in [0.1, 0.15) is 24.8 Å². The molecule has 0 bridgehead atoms. The fourth-order valence-electron chi connectivity index (χ4n) is 2.39. The molecule has 0 saturated heterocycles. The Morgan fingerprint density at radius 2 is 1.33 bits per heavy atom. The lowest BCUT2D eigenvalue weighted by Gasteiger charge is -2.32. The minimum absolute atomic E-state index is 0.244. The Kier molecular flexibility index (Phi) is 10.4. The number of rotatable bonds is 11. The maximum Gasteiger partial charge on any atom is 0.468 e. The molecule has 1 rings (SSSR count). The molecule has 222 valence electrons. The Labute approximate surface area is 215 Å². The zero-order valence-electron chi connectivity index (χ0n) is 18.7. The van der Waals surface area contributed by atoms with Crippen molar-refractivity contribution < 1.29 is 80.9 Å². The molecule has 0 amide bonds. The minimum atomic E-state index is -6.25. The summed E-state index contributed by atoms with van der Waals surface area (Å²) in [6.07, 6.45) is -20.5. The van der Waals surface area contributed by atoms with Gasteiger partial charge in [-0.25, -0.2) is 9.59 Å². The monoisotopic (exact) mass is 614 g/mol. The number of halogens is 13. The number of benzene rings is 1. The third kappa shape index (κ3) is 8.91. The van der Waals surface area contributed by atoms with Gasteiger partial charge in [-0.05, 0) is 37.1 Å². The lowest BCUT2D eigenvalue weighted by molar-refractivity contribution is -0.352. The van der Waals surface area contributed by atoms with Crippen molar-refractivity contribution in [1.82, 2.24) is 0 Å². The summed E-state index contributed by atoms with van der Waals surface area (Å²) in [4.78, 5) is 24.2. The van der Waals surface area contributed by atoms with E-state index in [0.29, 0.717) is 12.1 Å². The molecule has 19 heteroatoms. The topological polar surface area (TPSA) is 61.8 Å². The summed E-state index contributed by atoms with van der Waals surface area (Å²) in [5.41, 5.74) is -3.91. The van der Waals surface area contributed by atoms with Gasteiger partial charge in [-0.2, -0.15) is 57.1 Å². The van der Waals surface area contributed by atoms with Crippen molar-refractivity contribution in [2.75, 3.05) is 6.61 Å². The van der Waals surface area contributed by atoms with Gasteiger partial charge >= 0.3 is 47.4 Å². The number of hydrogen-bond donors (Lipinski definition) is 1. The maximum absolute atomic E-state index is 13.9. The predicted molar refractivity (Wildman–Crippen MR) is 106 cm³/mol. The minimum Gasteiger partial charge on any atom is -0.421 e. The molecular formula is C20H15F13O5S. The van der Waals surface area contributed by atoms with Crippen LogP contribution in [0.5, 0.6) is 5.75 Å². The second-order valence-corrected chi connectivity index (χ2v) is 8.00. The first kappa shape index (κ1) is 34.3. The third-order valence-corrected chi connectivity index (χ3v) is 4.82. The van der Waals surface area contributed by atoms with Gasteiger partial charge in [0.2, 0.25) is 0 Å². The van der Waals surface area contributed by atoms with E-state index in [4.69, 9.17) is 0 Å². The molecule has 1 unspecified atom stereocenters. The van der Waals surface area contributed by atoms with Crippen LogP contribution < -0.4 is 4.74 Å². The number of unbranched alkanes of at least 4 members (excludes halogenated alkanes) is 1. The summed E-state index contributed by atoms with van der Waals surface area (Å²) in [6.45, 7) is 0.673. The first-order chi connectivity index (χ1) is 17.3. The Morgan fingerprint density at radius 1 is 0.821 bits per heavy atom. The lowest BCUT2D eigenvalue weighted by Crippen LogP contribution is -2.59. The highest BCUT2D eigenvalue weighted by Crippen LogP contribution is 2.42. The molecule has 0 spiro atoms. The Bertz CT molecular complexity index is 1030. The number of alkyl halides is 13. The molecule has 0 aromatic heterocycles. The first-order valence-corrected chi connectivity index (χ1v) is 10.4. The molecule has 0 saturated carbocycles. The van der Waals surface area contributed by atoms with Gasteiger partial charge in [0.05, 0.1) is 12.2 Å². The average Bonchev–Trinajstić information content (AvgIpc) is 2.74. The highest BCUT2D eigenvalue weighted by Gasteiger charge is 2.68. The van der Waals surface area contributed by atoms with Crippen molar-refractivity contribution in [3.8, 4) is 5.75 Å². The van der Waals surface area contributed by atoms with Crippen molar-refractivity contribution >= 4 is 24.6 Å². The van der Waals surface area contributed by atoms with E-state index in [1.807, 2.05) is 0 Å². The second kappa shape index (κ2) is 11.8. The van der Waals surface area contributed by atoms with Gasteiger partial charge in [0.15, 0.2) is 0 Å². The number of hydrogen-bond acceptors (Lipinski definition) is 6. The Morgan fingerprint density at radius 3 is 1.74 bits per heavy atom. The van der Waals surface area contributed by atoms with Crippen molar-refractivity contribution in [2.45, 2.75) is 54.8 Å². The molecule has 0 aliphatic carbocycles. The van der Waals surface area contributed by atoms with Gasteiger partial charge < -0.3 is 14.2 Å². The van der Waals surface area contributed by atoms with Crippen LogP contribution in [0.25, 0.3) is 0 Å².